The molecule has 1 aromatic rings. The van der Waals surface area contributed by atoms with E-state index in [1.54, 1.807) is 0 Å². The number of rotatable bonds is 6. The molecular weight excluding hydrogens is 212 g/mol. The highest BCUT2D eigenvalue weighted by atomic mass is 16.5. The second-order valence-corrected chi connectivity index (χ2v) is 4.44. The summed E-state index contributed by atoms with van der Waals surface area (Å²) in [5.74, 6) is 0.772. The van der Waals surface area contributed by atoms with Gasteiger partial charge in [0.25, 0.3) is 0 Å². The zero-order chi connectivity index (χ0) is 12.1. The fourth-order valence-electron chi connectivity index (χ4n) is 1.60. The van der Waals surface area contributed by atoms with Crippen molar-refractivity contribution in [2.24, 2.45) is 0 Å². The second kappa shape index (κ2) is 5.70. The minimum atomic E-state index is -0.342. The largest absolute Gasteiger partial charge is 0.476 e. The zero-order valence-corrected chi connectivity index (χ0v) is 10.1. The SMILES string of the molecule is CCC(C#N)Oc1ccc(CNC2CC2)cc1. The number of hydrogen-bond donors (Lipinski definition) is 1. The number of nitrogens with zero attached hydrogens (tertiary/aromatic N) is 1. The van der Waals surface area contributed by atoms with Crippen LogP contribution in [0.5, 0.6) is 5.75 Å². The number of benzene rings is 1. The molecule has 0 heterocycles. The van der Waals surface area contributed by atoms with Crippen LogP contribution in [-0.2, 0) is 6.54 Å². The van der Waals surface area contributed by atoms with E-state index in [0.717, 1.165) is 18.3 Å². The van der Waals surface area contributed by atoms with Gasteiger partial charge in [0.2, 0.25) is 0 Å². The molecule has 1 aromatic carbocycles. The van der Waals surface area contributed by atoms with Crippen LogP contribution in [0.15, 0.2) is 24.3 Å². The highest BCUT2D eigenvalue weighted by molar-refractivity contribution is 5.28. The van der Waals surface area contributed by atoms with Gasteiger partial charge in [-0.15, -0.1) is 0 Å². The van der Waals surface area contributed by atoms with Gasteiger partial charge in [-0.1, -0.05) is 19.1 Å². The average molecular weight is 230 g/mol. The summed E-state index contributed by atoms with van der Waals surface area (Å²) in [7, 11) is 0. The molecule has 0 bridgehead atoms. The third-order valence-corrected chi connectivity index (χ3v) is 2.89. The van der Waals surface area contributed by atoms with E-state index in [9.17, 15) is 0 Å². The molecule has 1 aliphatic carbocycles. The minimum Gasteiger partial charge on any atom is -0.476 e. The van der Waals surface area contributed by atoms with Crippen molar-refractivity contribution in [1.29, 1.82) is 5.26 Å². The van der Waals surface area contributed by atoms with Crippen molar-refractivity contribution in [2.45, 2.75) is 44.9 Å². The van der Waals surface area contributed by atoms with Gasteiger partial charge in [-0.25, -0.2) is 0 Å². The Morgan fingerprint density at radius 3 is 2.65 bits per heavy atom. The van der Waals surface area contributed by atoms with Crippen molar-refractivity contribution in [2.75, 3.05) is 0 Å². The smallest absolute Gasteiger partial charge is 0.184 e. The van der Waals surface area contributed by atoms with Gasteiger partial charge in [0, 0.05) is 12.6 Å². The fraction of sp³-hybridized carbons (Fsp3) is 0.500. The van der Waals surface area contributed by atoms with Crippen molar-refractivity contribution in [3.8, 4) is 11.8 Å². The second-order valence-electron chi connectivity index (χ2n) is 4.44. The van der Waals surface area contributed by atoms with Crippen LogP contribution in [0.4, 0.5) is 0 Å². The predicted molar refractivity (Wildman–Crippen MR) is 66.6 cm³/mol. The quantitative estimate of drug-likeness (QED) is 0.817. The molecule has 0 aliphatic heterocycles. The molecule has 1 saturated carbocycles. The third kappa shape index (κ3) is 3.76. The molecule has 1 N–H and O–H groups in total. The maximum absolute atomic E-state index is 8.81. The molecule has 0 amide bonds. The zero-order valence-electron chi connectivity index (χ0n) is 10.1. The summed E-state index contributed by atoms with van der Waals surface area (Å²) in [5, 5.41) is 12.3. The maximum atomic E-state index is 8.81. The van der Waals surface area contributed by atoms with E-state index in [1.165, 1.54) is 18.4 Å². The molecule has 90 valence electrons. The van der Waals surface area contributed by atoms with Crippen LogP contribution in [0.3, 0.4) is 0 Å². The van der Waals surface area contributed by atoms with Gasteiger partial charge >= 0.3 is 0 Å². The molecule has 1 fully saturated rings. The molecule has 0 saturated heterocycles. The first-order valence-corrected chi connectivity index (χ1v) is 6.20. The summed E-state index contributed by atoms with van der Waals surface area (Å²) in [6.07, 6.45) is 2.98. The number of ether oxygens (including phenoxy) is 1. The van der Waals surface area contributed by atoms with Crippen LogP contribution >= 0.6 is 0 Å². The Morgan fingerprint density at radius 1 is 1.41 bits per heavy atom. The van der Waals surface area contributed by atoms with Gasteiger partial charge < -0.3 is 10.1 Å². The lowest BCUT2D eigenvalue weighted by atomic mass is 10.2. The van der Waals surface area contributed by atoms with E-state index in [2.05, 4.69) is 23.5 Å². The Kier molecular flexibility index (Phi) is 4.00. The predicted octanol–water partition coefficient (Wildman–Crippen LogP) is 2.62. The lowest BCUT2D eigenvalue weighted by molar-refractivity contribution is 0.252. The molecule has 2 rings (SSSR count). The lowest BCUT2D eigenvalue weighted by Crippen LogP contribution is -2.15. The first-order chi connectivity index (χ1) is 8.31. The standard InChI is InChI=1S/C14H18N2O/c1-2-13(9-15)17-14-7-3-11(4-8-14)10-16-12-5-6-12/h3-4,7-8,12-13,16H,2,5-6,10H2,1H3. The van der Waals surface area contributed by atoms with E-state index < -0.39 is 0 Å². The molecule has 3 nitrogen and oxygen atoms in total. The Labute approximate surface area is 102 Å². The summed E-state index contributed by atoms with van der Waals surface area (Å²) in [6.45, 7) is 2.86. The Balaban J connectivity index is 1.85. The van der Waals surface area contributed by atoms with Crippen molar-refractivity contribution in [3.05, 3.63) is 29.8 Å². The van der Waals surface area contributed by atoms with Crippen molar-refractivity contribution in [1.82, 2.24) is 5.32 Å². The normalized spacial score (nSPS) is 16.2. The van der Waals surface area contributed by atoms with E-state index in [-0.39, 0.29) is 6.10 Å². The van der Waals surface area contributed by atoms with Crippen LogP contribution in [0, 0.1) is 11.3 Å². The Bertz CT molecular complexity index is 390. The molecular formula is C14H18N2O. The first kappa shape index (κ1) is 11.9. The molecule has 0 radical (unpaired) electrons. The molecule has 1 aliphatic rings. The van der Waals surface area contributed by atoms with Crippen molar-refractivity contribution in [3.63, 3.8) is 0 Å². The van der Waals surface area contributed by atoms with E-state index >= 15 is 0 Å². The number of hydrogen-bond acceptors (Lipinski definition) is 3. The fourth-order valence-corrected chi connectivity index (χ4v) is 1.60. The lowest BCUT2D eigenvalue weighted by Gasteiger charge is -2.10. The van der Waals surface area contributed by atoms with Crippen LogP contribution in [0.1, 0.15) is 31.7 Å². The van der Waals surface area contributed by atoms with Gasteiger partial charge in [0.15, 0.2) is 6.10 Å². The summed E-state index contributed by atoms with van der Waals surface area (Å²) < 4.78 is 5.52. The summed E-state index contributed by atoms with van der Waals surface area (Å²) >= 11 is 0. The van der Waals surface area contributed by atoms with Gasteiger partial charge in [-0.2, -0.15) is 5.26 Å². The summed E-state index contributed by atoms with van der Waals surface area (Å²) in [4.78, 5) is 0. The van der Waals surface area contributed by atoms with Crippen molar-refractivity contribution < 1.29 is 4.74 Å². The molecule has 3 heteroatoms. The van der Waals surface area contributed by atoms with Gasteiger partial charge in [-0.05, 0) is 37.0 Å². The molecule has 1 unspecified atom stereocenters. The molecule has 0 spiro atoms. The topological polar surface area (TPSA) is 45.0 Å². The van der Waals surface area contributed by atoms with E-state index in [4.69, 9.17) is 10.00 Å². The summed E-state index contributed by atoms with van der Waals surface area (Å²) in [6, 6.07) is 10.8. The summed E-state index contributed by atoms with van der Waals surface area (Å²) in [5.41, 5.74) is 1.26. The highest BCUT2D eigenvalue weighted by Crippen LogP contribution is 2.20. The molecule has 17 heavy (non-hydrogen) atoms. The van der Waals surface area contributed by atoms with Crippen LogP contribution < -0.4 is 10.1 Å². The van der Waals surface area contributed by atoms with Crippen molar-refractivity contribution >= 4 is 0 Å². The minimum absolute atomic E-state index is 0.342. The molecule has 0 aromatic heterocycles. The van der Waals surface area contributed by atoms with E-state index in [0.29, 0.717) is 6.42 Å². The Hall–Kier alpha value is -1.53. The number of nitrogens with one attached hydrogen (secondary N) is 1. The van der Waals surface area contributed by atoms with Crippen LogP contribution in [0.2, 0.25) is 0 Å². The third-order valence-electron chi connectivity index (χ3n) is 2.89. The number of nitriles is 1. The van der Waals surface area contributed by atoms with Gasteiger partial charge in [-0.3, -0.25) is 0 Å². The van der Waals surface area contributed by atoms with Gasteiger partial charge in [0.05, 0.1) is 0 Å². The Morgan fingerprint density at radius 2 is 2.12 bits per heavy atom. The first-order valence-electron chi connectivity index (χ1n) is 6.20. The van der Waals surface area contributed by atoms with Crippen LogP contribution in [0.25, 0.3) is 0 Å². The van der Waals surface area contributed by atoms with Gasteiger partial charge in [0.1, 0.15) is 11.8 Å². The highest BCUT2D eigenvalue weighted by Gasteiger charge is 2.19. The maximum Gasteiger partial charge on any atom is 0.184 e. The monoisotopic (exact) mass is 230 g/mol. The average Bonchev–Trinajstić information content (AvgIpc) is 3.19. The van der Waals surface area contributed by atoms with Crippen LogP contribution in [-0.4, -0.2) is 12.1 Å². The molecule has 1 atom stereocenters. The van der Waals surface area contributed by atoms with E-state index in [1.807, 2.05) is 19.1 Å².